The summed E-state index contributed by atoms with van der Waals surface area (Å²) in [5.41, 5.74) is 6.77. The molecule has 17 heavy (non-hydrogen) atoms. The van der Waals surface area contributed by atoms with E-state index in [4.69, 9.17) is 5.73 Å². The second kappa shape index (κ2) is 3.45. The second-order valence-corrected chi connectivity index (χ2v) is 5.23. The first-order valence-electron chi connectivity index (χ1n) is 5.96. The smallest absolute Gasteiger partial charge is 0.196 e. The van der Waals surface area contributed by atoms with Gasteiger partial charge in [0.25, 0.3) is 0 Å². The van der Waals surface area contributed by atoms with Crippen molar-refractivity contribution in [2.75, 3.05) is 11.4 Å². The third-order valence-corrected chi connectivity index (χ3v) is 3.76. The van der Waals surface area contributed by atoms with Crippen LogP contribution in [0, 0.1) is 11.7 Å². The van der Waals surface area contributed by atoms with Crippen LogP contribution >= 0.6 is 0 Å². The predicted octanol–water partition coefficient (Wildman–Crippen LogP) is 2.13. The van der Waals surface area contributed by atoms with Crippen LogP contribution in [-0.2, 0) is 0 Å². The van der Waals surface area contributed by atoms with Crippen LogP contribution in [0.2, 0.25) is 0 Å². The molecule has 0 bridgehead atoms. The summed E-state index contributed by atoms with van der Waals surface area (Å²) in [5, 5.41) is 0. The lowest BCUT2D eigenvalue weighted by atomic mass is 9.68. The maximum atomic E-state index is 13.3. The minimum atomic E-state index is -0.232. The highest BCUT2D eigenvalue weighted by atomic mass is 19.1. The SMILES string of the molecule is CC1CC2(CN=C(N)N2c2cccc(F)c2)C1. The van der Waals surface area contributed by atoms with E-state index in [9.17, 15) is 4.39 Å². The van der Waals surface area contributed by atoms with Crippen LogP contribution in [-0.4, -0.2) is 18.0 Å². The Morgan fingerprint density at radius 2 is 2.24 bits per heavy atom. The number of benzene rings is 1. The van der Waals surface area contributed by atoms with Crippen molar-refractivity contribution in [3.05, 3.63) is 30.1 Å². The van der Waals surface area contributed by atoms with Gasteiger partial charge >= 0.3 is 0 Å². The molecule has 0 amide bonds. The summed E-state index contributed by atoms with van der Waals surface area (Å²) in [5.74, 6) is 0.986. The quantitative estimate of drug-likeness (QED) is 0.807. The molecule has 1 spiro atoms. The molecule has 1 aliphatic carbocycles. The van der Waals surface area contributed by atoms with E-state index in [2.05, 4.69) is 11.9 Å². The first-order valence-corrected chi connectivity index (χ1v) is 5.96. The molecule has 90 valence electrons. The normalized spacial score (nSPS) is 31.5. The van der Waals surface area contributed by atoms with E-state index < -0.39 is 0 Å². The van der Waals surface area contributed by atoms with Crippen LogP contribution < -0.4 is 10.6 Å². The van der Waals surface area contributed by atoms with Gasteiger partial charge in [-0.25, -0.2) is 4.39 Å². The summed E-state index contributed by atoms with van der Waals surface area (Å²) in [6, 6.07) is 6.58. The highest BCUT2D eigenvalue weighted by molar-refractivity contribution is 5.98. The average molecular weight is 233 g/mol. The molecule has 1 aromatic rings. The number of aliphatic imine (C=N–C) groups is 1. The Kier molecular flexibility index (Phi) is 2.15. The zero-order chi connectivity index (χ0) is 12.0. The molecule has 1 aliphatic heterocycles. The third-order valence-electron chi connectivity index (χ3n) is 3.76. The van der Waals surface area contributed by atoms with Crippen LogP contribution in [0.25, 0.3) is 0 Å². The molecular formula is C13H16FN3. The van der Waals surface area contributed by atoms with E-state index in [0.29, 0.717) is 11.9 Å². The van der Waals surface area contributed by atoms with Crippen molar-refractivity contribution in [2.45, 2.75) is 25.3 Å². The minimum absolute atomic E-state index is 0.0112. The van der Waals surface area contributed by atoms with E-state index >= 15 is 0 Å². The van der Waals surface area contributed by atoms with Gasteiger partial charge in [0.05, 0.1) is 12.1 Å². The van der Waals surface area contributed by atoms with Gasteiger partial charge in [-0.05, 0) is 37.0 Å². The molecule has 3 nitrogen and oxygen atoms in total. The van der Waals surface area contributed by atoms with Gasteiger partial charge in [-0.15, -0.1) is 0 Å². The number of guanidine groups is 1. The van der Waals surface area contributed by atoms with Crippen molar-refractivity contribution < 1.29 is 4.39 Å². The maximum absolute atomic E-state index is 13.3. The fourth-order valence-electron chi connectivity index (χ4n) is 3.18. The van der Waals surface area contributed by atoms with E-state index in [1.807, 2.05) is 11.0 Å². The van der Waals surface area contributed by atoms with Crippen molar-refractivity contribution in [3.63, 3.8) is 0 Å². The Hall–Kier alpha value is -1.58. The fourth-order valence-corrected chi connectivity index (χ4v) is 3.18. The van der Waals surface area contributed by atoms with Crippen molar-refractivity contribution >= 4 is 11.6 Å². The Morgan fingerprint density at radius 3 is 2.88 bits per heavy atom. The fraction of sp³-hybridized carbons (Fsp3) is 0.462. The Labute approximate surface area is 100 Å². The van der Waals surface area contributed by atoms with Gasteiger partial charge in [0, 0.05) is 5.69 Å². The molecule has 0 aromatic heterocycles. The first kappa shape index (κ1) is 10.6. The predicted molar refractivity (Wildman–Crippen MR) is 66.5 cm³/mol. The number of nitrogens with zero attached hydrogens (tertiary/aromatic N) is 2. The third kappa shape index (κ3) is 1.51. The highest BCUT2D eigenvalue weighted by Crippen LogP contribution is 2.46. The standard InChI is InChI=1S/C13H16FN3/c1-9-6-13(7-9)8-16-12(15)17(13)11-4-2-3-10(14)5-11/h2-5,9H,6-8H2,1H3,(H2,15,16). The Morgan fingerprint density at radius 1 is 1.47 bits per heavy atom. The van der Waals surface area contributed by atoms with Gasteiger partial charge in [0.1, 0.15) is 5.82 Å². The number of rotatable bonds is 1. The van der Waals surface area contributed by atoms with Crippen molar-refractivity contribution in [1.82, 2.24) is 0 Å². The summed E-state index contributed by atoms with van der Waals surface area (Å²) >= 11 is 0. The van der Waals surface area contributed by atoms with E-state index in [0.717, 1.165) is 25.1 Å². The van der Waals surface area contributed by atoms with Crippen LogP contribution in [0.1, 0.15) is 19.8 Å². The molecule has 1 aromatic carbocycles. The lowest BCUT2D eigenvalue weighted by Gasteiger charge is -2.49. The van der Waals surface area contributed by atoms with Gasteiger partial charge in [0.2, 0.25) is 0 Å². The molecule has 1 saturated carbocycles. The molecule has 4 heteroatoms. The van der Waals surface area contributed by atoms with E-state index in [-0.39, 0.29) is 11.4 Å². The number of halogens is 1. The van der Waals surface area contributed by atoms with E-state index in [1.165, 1.54) is 12.1 Å². The molecule has 0 unspecified atom stereocenters. The lowest BCUT2D eigenvalue weighted by molar-refractivity contribution is 0.182. The summed E-state index contributed by atoms with van der Waals surface area (Å²) in [4.78, 5) is 6.34. The zero-order valence-electron chi connectivity index (χ0n) is 9.86. The van der Waals surface area contributed by atoms with Crippen LogP contribution in [0.3, 0.4) is 0 Å². The minimum Gasteiger partial charge on any atom is -0.369 e. The number of hydrogen-bond donors (Lipinski definition) is 1. The van der Waals surface area contributed by atoms with Crippen molar-refractivity contribution in [3.8, 4) is 0 Å². The molecule has 1 fully saturated rings. The van der Waals surface area contributed by atoms with Gasteiger partial charge in [-0.1, -0.05) is 13.0 Å². The van der Waals surface area contributed by atoms with Gasteiger partial charge in [-0.2, -0.15) is 0 Å². The zero-order valence-corrected chi connectivity index (χ0v) is 9.86. The second-order valence-electron chi connectivity index (χ2n) is 5.23. The van der Waals surface area contributed by atoms with Crippen molar-refractivity contribution in [2.24, 2.45) is 16.6 Å². The summed E-state index contributed by atoms with van der Waals surface area (Å²) in [7, 11) is 0. The maximum Gasteiger partial charge on any atom is 0.196 e. The molecule has 0 atom stereocenters. The van der Waals surface area contributed by atoms with Crippen LogP contribution in [0.5, 0.6) is 0 Å². The van der Waals surface area contributed by atoms with Gasteiger partial charge < -0.3 is 10.6 Å². The topological polar surface area (TPSA) is 41.6 Å². The van der Waals surface area contributed by atoms with E-state index in [1.54, 1.807) is 6.07 Å². The first-order chi connectivity index (χ1) is 8.11. The molecule has 2 N–H and O–H groups in total. The van der Waals surface area contributed by atoms with Crippen molar-refractivity contribution in [1.29, 1.82) is 0 Å². The molecule has 0 saturated heterocycles. The number of nitrogens with two attached hydrogens (primary N) is 1. The molecular weight excluding hydrogens is 217 g/mol. The Balaban J connectivity index is 1.97. The largest absolute Gasteiger partial charge is 0.369 e. The molecule has 0 radical (unpaired) electrons. The molecule has 3 rings (SSSR count). The average Bonchev–Trinajstić information content (AvgIpc) is 2.56. The van der Waals surface area contributed by atoms with Crippen LogP contribution in [0.4, 0.5) is 10.1 Å². The summed E-state index contributed by atoms with van der Waals surface area (Å²) in [6.45, 7) is 2.96. The number of hydrogen-bond acceptors (Lipinski definition) is 3. The lowest BCUT2D eigenvalue weighted by Crippen LogP contribution is -2.59. The van der Waals surface area contributed by atoms with Gasteiger partial charge in [-0.3, -0.25) is 4.99 Å². The van der Waals surface area contributed by atoms with Gasteiger partial charge in [0.15, 0.2) is 5.96 Å². The highest BCUT2D eigenvalue weighted by Gasteiger charge is 2.51. The number of anilines is 1. The summed E-state index contributed by atoms with van der Waals surface area (Å²) in [6.07, 6.45) is 2.15. The van der Waals surface area contributed by atoms with Crippen LogP contribution in [0.15, 0.2) is 29.3 Å². The monoisotopic (exact) mass is 233 g/mol. The Bertz CT molecular complexity index is 477. The molecule has 2 aliphatic rings. The molecule has 1 heterocycles. The summed E-state index contributed by atoms with van der Waals surface area (Å²) < 4.78 is 13.3.